The molecule has 0 spiro atoms. The van der Waals surface area contributed by atoms with Crippen molar-refractivity contribution in [3.8, 4) is 0 Å². The van der Waals surface area contributed by atoms with Gasteiger partial charge in [-0.1, -0.05) is 41.4 Å². The molecule has 0 bridgehead atoms. The predicted octanol–water partition coefficient (Wildman–Crippen LogP) is 4.65. The largest absolute Gasteiger partial charge is 0.375 e. The van der Waals surface area contributed by atoms with Crippen LogP contribution in [0.1, 0.15) is 5.56 Å². The number of hydrogen-bond donors (Lipinski definition) is 1. The number of anilines is 1. The van der Waals surface area contributed by atoms with Crippen molar-refractivity contribution in [2.24, 2.45) is 0 Å². The van der Waals surface area contributed by atoms with Crippen molar-refractivity contribution in [3.05, 3.63) is 67.9 Å². The van der Waals surface area contributed by atoms with Crippen LogP contribution in [0.2, 0.25) is 10.0 Å². The average Bonchev–Trinajstić information content (AvgIpc) is 2.41. The van der Waals surface area contributed by atoms with Gasteiger partial charge >= 0.3 is 0 Å². The van der Waals surface area contributed by atoms with Gasteiger partial charge in [0, 0.05) is 23.7 Å². The first-order chi connectivity index (χ1) is 9.49. The van der Waals surface area contributed by atoms with Crippen LogP contribution in [0.3, 0.4) is 0 Å². The molecule has 0 heterocycles. The number of rotatable bonds is 4. The summed E-state index contributed by atoms with van der Waals surface area (Å²) >= 11 is 11.5. The molecule has 0 saturated carbocycles. The molecule has 0 aliphatic carbocycles. The second-order valence-corrected chi connectivity index (χ2v) is 4.80. The molecule has 1 N–H and O–H groups in total. The van der Waals surface area contributed by atoms with Crippen molar-refractivity contribution in [1.82, 2.24) is 0 Å². The summed E-state index contributed by atoms with van der Waals surface area (Å²) in [5, 5.41) is 14.0. The van der Waals surface area contributed by atoms with Crippen LogP contribution >= 0.6 is 23.2 Å². The number of halogens is 3. The van der Waals surface area contributed by atoms with Gasteiger partial charge in [-0.3, -0.25) is 10.1 Å². The van der Waals surface area contributed by atoms with Crippen LogP contribution < -0.4 is 5.32 Å². The van der Waals surface area contributed by atoms with Crippen LogP contribution in [-0.2, 0) is 6.54 Å². The van der Waals surface area contributed by atoms with Crippen molar-refractivity contribution in [2.75, 3.05) is 5.32 Å². The molecule has 2 aromatic carbocycles. The highest BCUT2D eigenvalue weighted by Gasteiger charge is 2.17. The van der Waals surface area contributed by atoms with Gasteiger partial charge in [-0.05, 0) is 11.6 Å². The minimum Gasteiger partial charge on any atom is -0.375 e. The first-order valence-corrected chi connectivity index (χ1v) is 6.35. The molecule has 104 valence electrons. The fourth-order valence-electron chi connectivity index (χ4n) is 1.66. The van der Waals surface area contributed by atoms with Gasteiger partial charge in [0.05, 0.1) is 9.95 Å². The molecule has 0 aromatic heterocycles. The van der Waals surface area contributed by atoms with E-state index in [2.05, 4.69) is 5.32 Å². The van der Waals surface area contributed by atoms with Crippen LogP contribution in [0.15, 0.2) is 36.4 Å². The third-order valence-corrected chi connectivity index (χ3v) is 3.32. The summed E-state index contributed by atoms with van der Waals surface area (Å²) in [5.74, 6) is -0.723. The molecule has 2 rings (SSSR count). The highest BCUT2D eigenvalue weighted by atomic mass is 35.5. The van der Waals surface area contributed by atoms with Gasteiger partial charge in [0.25, 0.3) is 5.69 Å². The van der Waals surface area contributed by atoms with E-state index in [1.54, 1.807) is 24.3 Å². The van der Waals surface area contributed by atoms with Crippen LogP contribution in [0, 0.1) is 15.9 Å². The average molecular weight is 315 g/mol. The summed E-state index contributed by atoms with van der Waals surface area (Å²) in [7, 11) is 0. The van der Waals surface area contributed by atoms with Gasteiger partial charge in [-0.2, -0.15) is 0 Å². The van der Waals surface area contributed by atoms with E-state index in [0.717, 1.165) is 17.7 Å². The minimum absolute atomic E-state index is 0.0526. The maximum atomic E-state index is 13.4. The second kappa shape index (κ2) is 6.07. The zero-order valence-corrected chi connectivity index (χ0v) is 11.6. The highest BCUT2D eigenvalue weighted by molar-refractivity contribution is 6.31. The van der Waals surface area contributed by atoms with Gasteiger partial charge in [-0.25, -0.2) is 4.39 Å². The Morgan fingerprint density at radius 3 is 2.55 bits per heavy atom. The standard InChI is InChI=1S/C13H9Cl2FN2O2/c14-9-4-2-1-3-8(9)7-17-12-6-11(16)10(15)5-13(12)18(19)20/h1-6,17H,7H2. The minimum atomic E-state index is -0.723. The summed E-state index contributed by atoms with van der Waals surface area (Å²) in [4.78, 5) is 10.3. The van der Waals surface area contributed by atoms with E-state index in [0.29, 0.717) is 5.02 Å². The molecule has 20 heavy (non-hydrogen) atoms. The zero-order valence-electron chi connectivity index (χ0n) is 10.1. The van der Waals surface area contributed by atoms with Crippen molar-refractivity contribution < 1.29 is 9.31 Å². The summed E-state index contributed by atoms with van der Waals surface area (Å²) in [6.07, 6.45) is 0. The molecule has 2 aromatic rings. The molecule has 0 unspecified atom stereocenters. The molecule has 0 saturated heterocycles. The summed E-state index contributed by atoms with van der Waals surface area (Å²) in [6.45, 7) is 0.238. The number of hydrogen-bond acceptors (Lipinski definition) is 3. The third-order valence-electron chi connectivity index (χ3n) is 2.66. The Morgan fingerprint density at radius 2 is 1.90 bits per heavy atom. The van der Waals surface area contributed by atoms with Crippen LogP contribution in [0.5, 0.6) is 0 Å². The van der Waals surface area contributed by atoms with E-state index in [1.165, 1.54) is 0 Å². The Bertz CT molecular complexity index is 665. The molecule has 0 radical (unpaired) electrons. The van der Waals surface area contributed by atoms with Gasteiger partial charge in [0.2, 0.25) is 0 Å². The van der Waals surface area contributed by atoms with Crippen molar-refractivity contribution in [1.29, 1.82) is 0 Å². The lowest BCUT2D eigenvalue weighted by atomic mass is 10.2. The van der Waals surface area contributed by atoms with Crippen LogP contribution in [0.25, 0.3) is 0 Å². The predicted molar refractivity (Wildman–Crippen MR) is 76.8 cm³/mol. The van der Waals surface area contributed by atoms with E-state index in [4.69, 9.17) is 23.2 Å². The first kappa shape index (κ1) is 14.6. The topological polar surface area (TPSA) is 55.2 Å². The number of benzene rings is 2. The molecular weight excluding hydrogens is 306 g/mol. The molecule has 0 amide bonds. The van der Waals surface area contributed by atoms with Gasteiger partial charge in [0.1, 0.15) is 11.5 Å². The fourth-order valence-corrected chi connectivity index (χ4v) is 2.02. The molecule has 0 aliphatic rings. The van der Waals surface area contributed by atoms with Crippen LogP contribution in [0.4, 0.5) is 15.8 Å². The molecule has 4 nitrogen and oxygen atoms in total. The highest BCUT2D eigenvalue weighted by Crippen LogP contribution is 2.31. The van der Waals surface area contributed by atoms with E-state index >= 15 is 0 Å². The first-order valence-electron chi connectivity index (χ1n) is 5.59. The number of nitrogens with zero attached hydrogens (tertiary/aromatic N) is 1. The third kappa shape index (κ3) is 3.18. The zero-order chi connectivity index (χ0) is 14.7. The summed E-state index contributed by atoms with van der Waals surface area (Å²) in [6, 6.07) is 9.02. The summed E-state index contributed by atoms with van der Waals surface area (Å²) < 4.78 is 13.4. The van der Waals surface area contributed by atoms with E-state index in [9.17, 15) is 14.5 Å². The molecular formula is C13H9Cl2FN2O2. The Labute approximate surface area is 124 Å². The van der Waals surface area contributed by atoms with Gasteiger partial charge < -0.3 is 5.32 Å². The summed E-state index contributed by atoms with van der Waals surface area (Å²) in [5.41, 5.74) is 0.513. The molecule has 7 heteroatoms. The maximum Gasteiger partial charge on any atom is 0.294 e. The number of nitro benzene ring substituents is 1. The van der Waals surface area contributed by atoms with E-state index < -0.39 is 10.7 Å². The Morgan fingerprint density at radius 1 is 1.20 bits per heavy atom. The number of nitrogens with one attached hydrogen (secondary N) is 1. The molecule has 0 fully saturated rings. The maximum absolute atomic E-state index is 13.4. The van der Waals surface area contributed by atoms with Crippen molar-refractivity contribution in [3.63, 3.8) is 0 Å². The lowest BCUT2D eigenvalue weighted by Crippen LogP contribution is -2.04. The Balaban J connectivity index is 2.27. The lowest BCUT2D eigenvalue weighted by Gasteiger charge is -2.09. The monoisotopic (exact) mass is 314 g/mol. The van der Waals surface area contributed by atoms with Gasteiger partial charge in [0.15, 0.2) is 0 Å². The van der Waals surface area contributed by atoms with Crippen LogP contribution in [-0.4, -0.2) is 4.92 Å². The van der Waals surface area contributed by atoms with E-state index in [1.807, 2.05) is 0 Å². The lowest BCUT2D eigenvalue weighted by molar-refractivity contribution is -0.384. The van der Waals surface area contributed by atoms with Gasteiger partial charge in [-0.15, -0.1) is 0 Å². The second-order valence-electron chi connectivity index (χ2n) is 3.99. The SMILES string of the molecule is O=[N+]([O-])c1cc(Cl)c(F)cc1NCc1ccccc1Cl. The smallest absolute Gasteiger partial charge is 0.294 e. The van der Waals surface area contributed by atoms with Crippen molar-refractivity contribution in [2.45, 2.75) is 6.54 Å². The fraction of sp³-hybridized carbons (Fsp3) is 0.0769. The number of nitro groups is 1. The molecule has 0 atom stereocenters. The molecule has 0 aliphatic heterocycles. The Kier molecular flexibility index (Phi) is 4.42. The van der Waals surface area contributed by atoms with E-state index in [-0.39, 0.29) is 22.9 Å². The quantitative estimate of drug-likeness (QED) is 0.660. The normalized spacial score (nSPS) is 10.3. The van der Waals surface area contributed by atoms with Crippen molar-refractivity contribution >= 4 is 34.6 Å². The Hall–Kier alpha value is -1.85.